The normalized spacial score (nSPS) is 11.6. The van der Waals surface area contributed by atoms with Crippen molar-refractivity contribution < 1.29 is 0 Å². The molecule has 0 aliphatic carbocycles. The Morgan fingerprint density at radius 1 is 0.944 bits per heavy atom. The minimum absolute atomic E-state index is 1.01. The van der Waals surface area contributed by atoms with Gasteiger partial charge in [-0.2, -0.15) is 0 Å². The summed E-state index contributed by atoms with van der Waals surface area (Å²) < 4.78 is 0. The van der Waals surface area contributed by atoms with Gasteiger partial charge in [-0.3, -0.25) is 4.98 Å². The molecule has 0 fully saturated rings. The van der Waals surface area contributed by atoms with E-state index in [4.69, 9.17) is 4.98 Å². The molecule has 0 atom stereocenters. The molecule has 18 heavy (non-hydrogen) atoms. The first kappa shape index (κ1) is 13.0. The van der Waals surface area contributed by atoms with Crippen molar-refractivity contribution in [1.82, 2.24) is 4.98 Å². The van der Waals surface area contributed by atoms with Crippen molar-refractivity contribution in [2.75, 3.05) is 0 Å². The van der Waals surface area contributed by atoms with Gasteiger partial charge in [0, 0.05) is 11.3 Å². The first-order chi connectivity index (χ1) is 8.52. The summed E-state index contributed by atoms with van der Waals surface area (Å²) in [6.07, 6.45) is 1.01. The summed E-state index contributed by atoms with van der Waals surface area (Å²) in [6, 6.07) is 14.9. The summed E-state index contributed by atoms with van der Waals surface area (Å²) in [7, 11) is -1.29. The van der Waals surface area contributed by atoms with Gasteiger partial charge in [-0.25, -0.2) is 0 Å². The second-order valence-electron chi connectivity index (χ2n) is 5.66. The van der Waals surface area contributed by atoms with E-state index >= 15 is 0 Å². The molecular weight excluding hydrogens is 234 g/mol. The maximum absolute atomic E-state index is 4.86. The van der Waals surface area contributed by atoms with E-state index in [-0.39, 0.29) is 0 Å². The molecule has 1 aromatic carbocycles. The fraction of sp³-hybridized carbons (Fsp3) is 0.312. The largest absolute Gasteiger partial charge is 0.253 e. The average molecular weight is 255 g/mol. The maximum atomic E-state index is 4.86. The van der Waals surface area contributed by atoms with Crippen LogP contribution in [0.3, 0.4) is 0 Å². The fourth-order valence-electron chi connectivity index (χ4n) is 2.22. The lowest BCUT2D eigenvalue weighted by atomic mass is 10.1. The van der Waals surface area contributed by atoms with Crippen LogP contribution < -0.4 is 5.19 Å². The van der Waals surface area contributed by atoms with Gasteiger partial charge in [-0.05, 0) is 17.7 Å². The molecule has 2 rings (SSSR count). The van der Waals surface area contributed by atoms with E-state index in [1.165, 1.54) is 16.4 Å². The Labute approximate surface area is 111 Å². The van der Waals surface area contributed by atoms with Crippen LogP contribution in [-0.4, -0.2) is 13.1 Å². The molecule has 2 heteroatoms. The number of rotatable bonds is 3. The van der Waals surface area contributed by atoms with Crippen LogP contribution in [0.5, 0.6) is 0 Å². The lowest BCUT2D eigenvalue weighted by Crippen LogP contribution is -2.40. The average Bonchev–Trinajstić information content (AvgIpc) is 2.38. The molecule has 0 aliphatic heterocycles. The van der Waals surface area contributed by atoms with Crippen LogP contribution in [0, 0.1) is 0 Å². The molecule has 94 valence electrons. The summed E-state index contributed by atoms with van der Waals surface area (Å²) in [6.45, 7) is 9.34. The molecule has 0 unspecified atom stereocenters. The van der Waals surface area contributed by atoms with E-state index in [1.54, 1.807) is 0 Å². The van der Waals surface area contributed by atoms with E-state index in [2.05, 4.69) is 63.0 Å². The van der Waals surface area contributed by atoms with Gasteiger partial charge in [0.25, 0.3) is 0 Å². The number of hydrogen-bond donors (Lipinski definition) is 0. The zero-order chi connectivity index (χ0) is 13.2. The van der Waals surface area contributed by atoms with Gasteiger partial charge in [0.1, 0.15) is 0 Å². The van der Waals surface area contributed by atoms with Crippen LogP contribution in [0.2, 0.25) is 19.6 Å². The Morgan fingerprint density at radius 2 is 1.61 bits per heavy atom. The molecule has 1 heterocycles. The SMILES string of the molecule is CCc1nc(-c2ccccc2)ccc1[Si](C)(C)C. The van der Waals surface area contributed by atoms with Crippen molar-refractivity contribution in [1.29, 1.82) is 0 Å². The van der Waals surface area contributed by atoms with Crippen LogP contribution in [0.1, 0.15) is 12.6 Å². The van der Waals surface area contributed by atoms with Gasteiger partial charge in [0.05, 0.1) is 13.8 Å². The van der Waals surface area contributed by atoms with E-state index in [1.807, 2.05) is 6.07 Å². The Hall–Kier alpha value is -1.41. The van der Waals surface area contributed by atoms with Crippen LogP contribution in [-0.2, 0) is 6.42 Å². The predicted octanol–water partition coefficient (Wildman–Crippen LogP) is 3.86. The lowest BCUT2D eigenvalue weighted by Gasteiger charge is -2.20. The quantitative estimate of drug-likeness (QED) is 0.759. The van der Waals surface area contributed by atoms with Crippen molar-refractivity contribution in [3.63, 3.8) is 0 Å². The Morgan fingerprint density at radius 3 is 2.17 bits per heavy atom. The van der Waals surface area contributed by atoms with Gasteiger partial charge in [0.15, 0.2) is 0 Å². The van der Waals surface area contributed by atoms with E-state index in [0.29, 0.717) is 0 Å². The summed E-state index contributed by atoms with van der Waals surface area (Å²) in [4.78, 5) is 4.86. The fourth-order valence-corrected chi connectivity index (χ4v) is 3.91. The molecule has 0 saturated carbocycles. The third kappa shape index (κ3) is 2.70. The Balaban J connectivity index is 2.49. The Kier molecular flexibility index (Phi) is 3.67. The highest BCUT2D eigenvalue weighted by Gasteiger charge is 2.20. The van der Waals surface area contributed by atoms with Gasteiger partial charge in [-0.15, -0.1) is 0 Å². The molecular formula is C16H21NSi. The first-order valence-corrected chi connectivity index (χ1v) is 10.1. The molecule has 0 N–H and O–H groups in total. The van der Waals surface area contributed by atoms with Crippen molar-refractivity contribution in [2.45, 2.75) is 33.0 Å². The zero-order valence-electron chi connectivity index (χ0n) is 11.7. The minimum atomic E-state index is -1.29. The predicted molar refractivity (Wildman–Crippen MR) is 82.0 cm³/mol. The standard InChI is InChI=1S/C16H21NSi/c1-5-14-16(18(2,3)4)12-11-15(17-14)13-9-7-6-8-10-13/h6-12H,5H2,1-4H3. The summed E-state index contributed by atoms with van der Waals surface area (Å²) in [5, 5.41) is 1.49. The third-order valence-corrected chi connectivity index (χ3v) is 5.26. The second kappa shape index (κ2) is 5.07. The highest BCUT2D eigenvalue weighted by Crippen LogP contribution is 2.17. The number of hydrogen-bond acceptors (Lipinski definition) is 1. The van der Waals surface area contributed by atoms with E-state index in [9.17, 15) is 0 Å². The number of aromatic nitrogens is 1. The smallest absolute Gasteiger partial charge is 0.0799 e. The second-order valence-corrected chi connectivity index (χ2v) is 10.7. The summed E-state index contributed by atoms with van der Waals surface area (Å²) >= 11 is 0. The Bertz CT molecular complexity index is 527. The molecule has 2 aromatic rings. The maximum Gasteiger partial charge on any atom is 0.0799 e. The first-order valence-electron chi connectivity index (χ1n) is 6.58. The lowest BCUT2D eigenvalue weighted by molar-refractivity contribution is 1.05. The van der Waals surface area contributed by atoms with Crippen LogP contribution in [0.15, 0.2) is 42.5 Å². The van der Waals surface area contributed by atoms with Crippen molar-refractivity contribution in [3.05, 3.63) is 48.2 Å². The molecule has 0 amide bonds. The zero-order valence-corrected chi connectivity index (χ0v) is 12.7. The monoisotopic (exact) mass is 255 g/mol. The number of benzene rings is 1. The van der Waals surface area contributed by atoms with Gasteiger partial charge in [0.2, 0.25) is 0 Å². The molecule has 0 saturated heterocycles. The minimum Gasteiger partial charge on any atom is -0.253 e. The molecule has 0 radical (unpaired) electrons. The summed E-state index contributed by atoms with van der Waals surface area (Å²) in [5.74, 6) is 0. The number of aryl methyl sites for hydroxylation is 1. The van der Waals surface area contributed by atoms with E-state index in [0.717, 1.165) is 12.1 Å². The highest BCUT2D eigenvalue weighted by atomic mass is 28.3. The van der Waals surface area contributed by atoms with Crippen LogP contribution in [0.25, 0.3) is 11.3 Å². The van der Waals surface area contributed by atoms with Crippen molar-refractivity contribution in [3.8, 4) is 11.3 Å². The van der Waals surface area contributed by atoms with Crippen molar-refractivity contribution in [2.24, 2.45) is 0 Å². The van der Waals surface area contributed by atoms with Crippen LogP contribution in [0.4, 0.5) is 0 Å². The molecule has 0 bridgehead atoms. The number of pyridine rings is 1. The summed E-state index contributed by atoms with van der Waals surface area (Å²) in [5.41, 5.74) is 3.57. The number of nitrogens with zero attached hydrogens (tertiary/aromatic N) is 1. The van der Waals surface area contributed by atoms with Crippen LogP contribution >= 0.6 is 0 Å². The van der Waals surface area contributed by atoms with Gasteiger partial charge < -0.3 is 0 Å². The van der Waals surface area contributed by atoms with Crippen molar-refractivity contribution >= 4 is 13.3 Å². The topological polar surface area (TPSA) is 12.9 Å². The molecule has 1 aromatic heterocycles. The molecule has 0 spiro atoms. The van der Waals surface area contributed by atoms with E-state index < -0.39 is 8.07 Å². The van der Waals surface area contributed by atoms with Gasteiger partial charge >= 0.3 is 0 Å². The molecule has 1 nitrogen and oxygen atoms in total. The van der Waals surface area contributed by atoms with Gasteiger partial charge in [-0.1, -0.05) is 63.0 Å². The highest BCUT2D eigenvalue weighted by molar-refractivity contribution is 6.89. The third-order valence-electron chi connectivity index (χ3n) is 3.19. The molecule has 0 aliphatic rings.